The average Bonchev–Trinajstić information content (AvgIpc) is 3.07. The maximum atomic E-state index is 12.8. The number of amides is 1. The topological polar surface area (TPSA) is 95.0 Å². The van der Waals surface area contributed by atoms with E-state index in [-0.39, 0.29) is 28.1 Å². The van der Waals surface area contributed by atoms with E-state index in [0.717, 1.165) is 28.5 Å². The van der Waals surface area contributed by atoms with E-state index < -0.39 is 21.9 Å². The molecule has 1 aliphatic carbocycles. The Morgan fingerprint density at radius 1 is 1.29 bits per heavy atom. The third kappa shape index (κ3) is 2.96. The summed E-state index contributed by atoms with van der Waals surface area (Å²) in [6.07, 6.45) is 2.02. The zero-order chi connectivity index (χ0) is 17.6. The normalized spacial score (nSPS) is 24.5. The van der Waals surface area contributed by atoms with Crippen molar-refractivity contribution in [2.45, 2.75) is 17.7 Å². The highest BCUT2D eigenvalue weighted by Crippen LogP contribution is 2.44. The summed E-state index contributed by atoms with van der Waals surface area (Å²) in [6.45, 7) is 0.536. The standard InChI is InChI=1S/C15H20N2O5S2/c1-16(2)24(21,22)12-5-6-23-13(12)14(18)17-7-10(9-3-4-9)11(8-17)15(19)20/h5-6,9-11H,3-4,7-8H2,1-2H3,(H,19,20)/t10-,11+/m1/s1. The molecule has 0 spiro atoms. The summed E-state index contributed by atoms with van der Waals surface area (Å²) >= 11 is 1.08. The van der Waals surface area contributed by atoms with E-state index in [2.05, 4.69) is 0 Å². The second kappa shape index (κ2) is 6.12. The minimum absolute atomic E-state index is 0.00996. The van der Waals surface area contributed by atoms with Gasteiger partial charge in [-0.25, -0.2) is 12.7 Å². The molecule has 132 valence electrons. The van der Waals surface area contributed by atoms with Crippen LogP contribution in [0.1, 0.15) is 22.5 Å². The molecule has 1 N–H and O–H groups in total. The van der Waals surface area contributed by atoms with Crippen LogP contribution in [-0.4, -0.2) is 61.8 Å². The minimum Gasteiger partial charge on any atom is -0.481 e. The van der Waals surface area contributed by atoms with Crippen LogP contribution in [0.25, 0.3) is 0 Å². The van der Waals surface area contributed by atoms with Gasteiger partial charge < -0.3 is 10.0 Å². The van der Waals surface area contributed by atoms with Crippen LogP contribution in [0.3, 0.4) is 0 Å². The Labute approximate surface area is 144 Å². The maximum Gasteiger partial charge on any atom is 0.308 e. The second-order valence-corrected chi connectivity index (χ2v) is 9.59. The van der Waals surface area contributed by atoms with Gasteiger partial charge >= 0.3 is 5.97 Å². The number of hydrogen-bond acceptors (Lipinski definition) is 5. The first-order valence-electron chi connectivity index (χ1n) is 7.75. The SMILES string of the molecule is CN(C)S(=O)(=O)c1ccsc1C(=O)N1C[C@H](C(=O)O)[C@@H](C2CC2)C1. The molecule has 1 aromatic heterocycles. The molecule has 2 aliphatic rings. The minimum atomic E-state index is -3.71. The Bertz CT molecular complexity index is 767. The first-order valence-corrected chi connectivity index (χ1v) is 10.1. The molecule has 1 saturated heterocycles. The lowest BCUT2D eigenvalue weighted by Crippen LogP contribution is -2.31. The molecule has 1 aromatic rings. The molecule has 2 fully saturated rings. The molecule has 1 saturated carbocycles. The number of carbonyl (C=O) groups excluding carboxylic acids is 1. The van der Waals surface area contributed by atoms with E-state index >= 15 is 0 Å². The summed E-state index contributed by atoms with van der Waals surface area (Å²) in [5, 5.41) is 11.0. The van der Waals surface area contributed by atoms with Crippen molar-refractivity contribution >= 4 is 33.2 Å². The van der Waals surface area contributed by atoms with Crippen LogP contribution in [0, 0.1) is 17.8 Å². The van der Waals surface area contributed by atoms with Gasteiger partial charge in [-0.3, -0.25) is 9.59 Å². The molecule has 0 aromatic carbocycles. The average molecular weight is 372 g/mol. The van der Waals surface area contributed by atoms with E-state index in [4.69, 9.17) is 0 Å². The summed E-state index contributed by atoms with van der Waals surface area (Å²) in [7, 11) is -0.872. The Hall–Kier alpha value is -1.45. The highest BCUT2D eigenvalue weighted by atomic mass is 32.2. The van der Waals surface area contributed by atoms with Gasteiger partial charge in [0.25, 0.3) is 5.91 Å². The molecule has 1 aliphatic heterocycles. The van der Waals surface area contributed by atoms with Gasteiger partial charge in [-0.1, -0.05) is 0 Å². The van der Waals surface area contributed by atoms with Gasteiger partial charge in [0.1, 0.15) is 9.77 Å². The van der Waals surface area contributed by atoms with Gasteiger partial charge in [-0.05, 0) is 36.1 Å². The molecule has 0 unspecified atom stereocenters. The maximum absolute atomic E-state index is 12.8. The van der Waals surface area contributed by atoms with Crippen LogP contribution >= 0.6 is 11.3 Å². The molecule has 24 heavy (non-hydrogen) atoms. The smallest absolute Gasteiger partial charge is 0.308 e. The molecule has 1 amide bonds. The largest absolute Gasteiger partial charge is 0.481 e. The van der Waals surface area contributed by atoms with Crippen molar-refractivity contribution in [1.82, 2.24) is 9.21 Å². The fourth-order valence-corrected chi connectivity index (χ4v) is 5.51. The first-order chi connectivity index (χ1) is 11.2. The van der Waals surface area contributed by atoms with Crippen LogP contribution in [0.5, 0.6) is 0 Å². The van der Waals surface area contributed by atoms with Crippen LogP contribution < -0.4 is 0 Å². The van der Waals surface area contributed by atoms with E-state index in [0.29, 0.717) is 12.5 Å². The number of rotatable bonds is 5. The fourth-order valence-electron chi connectivity index (χ4n) is 3.25. The number of carbonyl (C=O) groups is 2. The monoisotopic (exact) mass is 372 g/mol. The number of carboxylic acid groups (broad SMARTS) is 1. The lowest BCUT2D eigenvalue weighted by Gasteiger charge is -2.17. The number of carboxylic acids is 1. The summed E-state index contributed by atoms with van der Waals surface area (Å²) in [5.41, 5.74) is 0. The van der Waals surface area contributed by atoms with Crippen LogP contribution in [0.2, 0.25) is 0 Å². The summed E-state index contributed by atoms with van der Waals surface area (Å²) < 4.78 is 25.8. The van der Waals surface area contributed by atoms with E-state index in [1.807, 2.05) is 0 Å². The molecular weight excluding hydrogens is 352 g/mol. The van der Waals surface area contributed by atoms with Crippen LogP contribution in [0.4, 0.5) is 0 Å². The number of thiophene rings is 1. The molecule has 2 heterocycles. The van der Waals surface area contributed by atoms with Crippen molar-refractivity contribution in [2.75, 3.05) is 27.2 Å². The first kappa shape index (κ1) is 17.4. The molecule has 7 nitrogen and oxygen atoms in total. The highest BCUT2D eigenvalue weighted by Gasteiger charge is 2.47. The molecule has 9 heteroatoms. The molecular formula is C15H20N2O5S2. The van der Waals surface area contributed by atoms with Gasteiger partial charge in [0.05, 0.1) is 5.92 Å². The van der Waals surface area contributed by atoms with Gasteiger partial charge in [0.15, 0.2) is 0 Å². The molecule has 0 radical (unpaired) electrons. The lowest BCUT2D eigenvalue weighted by atomic mass is 9.92. The summed E-state index contributed by atoms with van der Waals surface area (Å²) in [4.78, 5) is 25.9. The fraction of sp³-hybridized carbons (Fsp3) is 0.600. The third-order valence-corrected chi connectivity index (χ3v) is 7.67. The number of aliphatic carboxylic acids is 1. The number of likely N-dealkylation sites (tertiary alicyclic amines) is 1. The zero-order valence-electron chi connectivity index (χ0n) is 13.5. The Balaban J connectivity index is 1.86. The van der Waals surface area contributed by atoms with Crippen molar-refractivity contribution in [3.8, 4) is 0 Å². The van der Waals surface area contributed by atoms with Crippen molar-refractivity contribution < 1.29 is 23.1 Å². The van der Waals surface area contributed by atoms with E-state index in [1.54, 1.807) is 5.38 Å². The number of hydrogen-bond donors (Lipinski definition) is 1. The predicted molar refractivity (Wildman–Crippen MR) is 88.4 cm³/mol. The van der Waals surface area contributed by atoms with Crippen molar-refractivity contribution in [3.63, 3.8) is 0 Å². The van der Waals surface area contributed by atoms with E-state index in [9.17, 15) is 23.1 Å². The lowest BCUT2D eigenvalue weighted by molar-refractivity contribution is -0.142. The highest BCUT2D eigenvalue weighted by molar-refractivity contribution is 7.89. The van der Waals surface area contributed by atoms with Crippen molar-refractivity contribution in [3.05, 3.63) is 16.3 Å². The quantitative estimate of drug-likeness (QED) is 0.837. The third-order valence-electron chi connectivity index (χ3n) is 4.78. The van der Waals surface area contributed by atoms with Gasteiger partial charge in [-0.15, -0.1) is 11.3 Å². The molecule has 3 rings (SSSR count). The number of nitrogens with zero attached hydrogens (tertiary/aromatic N) is 2. The van der Waals surface area contributed by atoms with Crippen molar-refractivity contribution in [2.24, 2.45) is 17.8 Å². The van der Waals surface area contributed by atoms with Crippen LogP contribution in [0.15, 0.2) is 16.3 Å². The molecule has 0 bridgehead atoms. The Morgan fingerprint density at radius 3 is 2.50 bits per heavy atom. The Kier molecular flexibility index (Phi) is 4.43. The van der Waals surface area contributed by atoms with E-state index in [1.165, 1.54) is 25.1 Å². The summed E-state index contributed by atoms with van der Waals surface area (Å²) in [6, 6.07) is 1.43. The number of sulfonamides is 1. The van der Waals surface area contributed by atoms with Gasteiger partial charge in [-0.2, -0.15) is 0 Å². The van der Waals surface area contributed by atoms with Gasteiger partial charge in [0.2, 0.25) is 10.0 Å². The second-order valence-electron chi connectivity index (χ2n) is 6.56. The van der Waals surface area contributed by atoms with Gasteiger partial charge in [0, 0.05) is 27.2 Å². The molecule has 2 atom stereocenters. The van der Waals surface area contributed by atoms with Crippen LogP contribution in [-0.2, 0) is 14.8 Å². The summed E-state index contributed by atoms with van der Waals surface area (Å²) in [5.74, 6) is -1.48. The Morgan fingerprint density at radius 2 is 1.96 bits per heavy atom. The zero-order valence-corrected chi connectivity index (χ0v) is 15.1. The van der Waals surface area contributed by atoms with Crippen molar-refractivity contribution in [1.29, 1.82) is 0 Å². The predicted octanol–water partition coefficient (Wildman–Crippen LogP) is 1.18.